The van der Waals surface area contributed by atoms with Crippen molar-refractivity contribution in [3.05, 3.63) is 332 Å². The van der Waals surface area contributed by atoms with Crippen molar-refractivity contribution in [3.8, 4) is 73.2 Å². The van der Waals surface area contributed by atoms with E-state index >= 15 is 0 Å². The number of benzene rings is 12. The molecule has 0 bridgehead atoms. The molecule has 0 aliphatic heterocycles. The fourth-order valence-corrected chi connectivity index (χ4v) is 16.1. The van der Waals surface area contributed by atoms with Crippen LogP contribution >= 0.6 is 0 Å². The zero-order valence-electron chi connectivity index (χ0n) is 79.4. The monoisotopic (exact) mass is 1440 g/mol. The largest absolute Gasteiger partial charge is 0.510 e. The van der Waals surface area contributed by atoms with Crippen molar-refractivity contribution in [2.75, 3.05) is 0 Å². The molecule has 94 heavy (non-hydrogen) atoms. The molecule has 0 atom stereocenters. The zero-order chi connectivity index (χ0) is 87.7. The number of aromatic nitrogens is 4. The maximum Gasteiger partial charge on any atom is 0.268 e. The van der Waals surface area contributed by atoms with E-state index in [1.807, 2.05) is 69.3 Å². The number of aryl methyl sites for hydroxylation is 1. The van der Waals surface area contributed by atoms with Gasteiger partial charge in [-0.15, -0.1) is 29.7 Å². The number of rotatable bonds is 13. The molecular formula is C87H70N4OPtSi-2. The zero-order valence-corrected chi connectivity index (χ0v) is 54.6. The first-order chi connectivity index (χ1) is 56.8. The minimum absolute atomic E-state index is 0. The van der Waals surface area contributed by atoms with Gasteiger partial charge in [-0.25, -0.2) is 4.98 Å². The Kier molecular flexibility index (Phi) is 9.80. The molecule has 0 saturated carbocycles. The van der Waals surface area contributed by atoms with Gasteiger partial charge in [0.1, 0.15) is 5.82 Å². The second-order valence-electron chi connectivity index (χ2n) is 24.3. The van der Waals surface area contributed by atoms with Crippen LogP contribution in [0.3, 0.4) is 0 Å². The Hall–Kier alpha value is -10.2. The molecule has 0 radical (unpaired) electrons. The first kappa shape index (κ1) is 36.9. The van der Waals surface area contributed by atoms with Crippen LogP contribution in [-0.2, 0) is 31.9 Å². The van der Waals surface area contributed by atoms with Gasteiger partial charge in [-0.3, -0.25) is 4.57 Å². The first-order valence-corrected chi connectivity index (χ1v) is 31.8. The fourth-order valence-electron chi connectivity index (χ4n) is 12.0. The van der Waals surface area contributed by atoms with E-state index in [-0.39, 0.29) is 99.6 Å². The van der Waals surface area contributed by atoms with Gasteiger partial charge in [0.05, 0.1) is 51.0 Å². The predicted octanol–water partition coefficient (Wildman–Crippen LogP) is 18.5. The Morgan fingerprint density at radius 3 is 1.73 bits per heavy atom. The Morgan fingerprint density at radius 1 is 0.479 bits per heavy atom. The topological polar surface area (TPSA) is 35.9 Å². The van der Waals surface area contributed by atoms with Gasteiger partial charge in [-0.1, -0.05) is 283 Å². The Balaban J connectivity index is 0.0000121. The van der Waals surface area contributed by atoms with Crippen LogP contribution in [0, 0.1) is 25.3 Å². The van der Waals surface area contributed by atoms with E-state index in [2.05, 4.69) is 39.2 Å². The van der Waals surface area contributed by atoms with Crippen LogP contribution in [-0.4, -0.2) is 22.2 Å². The van der Waals surface area contributed by atoms with Gasteiger partial charge in [0.2, 0.25) is 0 Å². The molecule has 5 nitrogen and oxygen atoms in total. The number of imidazole rings is 1. The van der Waals surface area contributed by atoms with Gasteiger partial charge >= 0.3 is 0 Å². The van der Waals surface area contributed by atoms with Crippen LogP contribution in [0.5, 0.6) is 11.5 Å². The van der Waals surface area contributed by atoms with E-state index in [4.69, 9.17) is 26.2 Å². The molecule has 0 aliphatic carbocycles. The number of ether oxygens (including phenoxy) is 1. The summed E-state index contributed by atoms with van der Waals surface area (Å²) in [5.41, 5.74) is 1.78. The van der Waals surface area contributed by atoms with E-state index < -0.39 is 198 Å². The summed E-state index contributed by atoms with van der Waals surface area (Å²) in [4.78, 5) is 4.72. The van der Waals surface area contributed by atoms with Gasteiger partial charge in [-0.2, -0.15) is 18.2 Å². The summed E-state index contributed by atoms with van der Waals surface area (Å²) in [6.45, 7) is 9.07. The summed E-state index contributed by atoms with van der Waals surface area (Å²) < 4.78 is 274. The predicted molar refractivity (Wildman–Crippen MR) is 387 cm³/mol. The molecule has 0 saturated heterocycles. The molecule has 0 spiro atoms. The smallest absolute Gasteiger partial charge is 0.268 e. The molecular weight excluding hydrogens is 1340 g/mol. The minimum atomic E-state index is -6.38. The molecule has 7 heteroatoms. The van der Waals surface area contributed by atoms with Crippen LogP contribution in [0.25, 0.3) is 94.5 Å². The summed E-state index contributed by atoms with van der Waals surface area (Å²) in [7, 11) is -6.38. The average molecular weight is 1440 g/mol. The van der Waals surface area contributed by atoms with Crippen molar-refractivity contribution in [2.24, 2.45) is 0 Å². The van der Waals surface area contributed by atoms with Gasteiger partial charge in [-0.05, 0) is 129 Å². The number of pyridine rings is 1. The SMILES string of the molecule is [2H]c1c([2H])c([2H])c(-c2cc(-c3cccc(C(C)(C)C)c3)c(-[n+]3[c-]n(-c4[c-]c(Oc5[c-]c6c(cc5)c5ccccc5n6-c5cc(C([2H])([2H])[2H])c(-c6c([2H])c([2H])c([2H])c([2H])c6[2H])cn5)ccc4)c4cc(-c5ccc(C(C)(C)C)cc5)ccc43)c([Si](c3c([2H])c([2H])c([2H])c([2H])c3[2H])(c3c([2H])c([2H])c([2H])c([2H])c3[2H])c3c([2H])c([2H])c([2H])c([2H])c3[2H])c2)c([2H])c1[2H].[Pt]. The molecule has 0 N–H and O–H groups in total. The summed E-state index contributed by atoms with van der Waals surface area (Å²) in [6, 6.07) is 23.2. The standard InChI is InChI=1S/C87H70N4OSi.Pt/c1-60-51-84(88-58-78(60)63-29-15-9-16-30-63)91-79-42-24-23-41-75(79)76-49-48-71(57-81(76)91)92-70-34-26-33-69(56-70)89-59-90(80-50-45-64(54-82(80)89)62-43-46-67(47-44-62)86(2,3)4)85-77(65-31-25-32-68(52-65)87(5,6)7)53-66(61-27-13-8-14-28-61)55-83(85)93(72-35-17-10-18-36-72,73-37-19-11-20-38-73)74-39-21-12-22-40-74;/h8-55,58H,1-7H3;/q-2;/i1D3,8D,9D,10D,11D,12D,13D,14D,15D,16D,17D,18D,19D,20D,21D,22D,27D,28D,29D,30D,35D,36D,37D,38D,39D,40D;. The maximum absolute atomic E-state index is 10.3. The number of nitrogens with zero attached hydrogens (tertiary/aromatic N) is 4. The summed E-state index contributed by atoms with van der Waals surface area (Å²) >= 11 is 0. The molecule has 3 aromatic heterocycles. The van der Waals surface area contributed by atoms with Crippen LogP contribution < -0.4 is 30.1 Å². The molecule has 15 aromatic rings. The third-order valence-corrected chi connectivity index (χ3v) is 20.8. The molecule has 0 aliphatic rings. The average Bonchev–Trinajstić information content (AvgIpc) is 0.742. The molecule has 0 amide bonds. The van der Waals surface area contributed by atoms with Gasteiger partial charge in [0, 0.05) is 54.0 Å². The van der Waals surface area contributed by atoms with E-state index in [0.717, 1.165) is 11.8 Å². The van der Waals surface area contributed by atoms with Gasteiger partial charge in [0.15, 0.2) is 8.07 Å². The molecule has 460 valence electrons. The second-order valence-corrected chi connectivity index (χ2v) is 27.9. The van der Waals surface area contributed by atoms with Gasteiger partial charge < -0.3 is 13.9 Å². The Labute approximate surface area is 606 Å². The first-order valence-electron chi connectivity index (χ1n) is 43.8. The number of hydrogen-bond acceptors (Lipinski definition) is 2. The van der Waals surface area contributed by atoms with E-state index in [1.54, 1.807) is 81.9 Å². The maximum atomic E-state index is 10.3. The summed E-state index contributed by atoms with van der Waals surface area (Å²) in [6.07, 6.45) is 4.71. The van der Waals surface area contributed by atoms with Crippen LogP contribution in [0.4, 0.5) is 0 Å². The Bertz CT molecular complexity index is 6660. The number of para-hydroxylation sites is 1. The Morgan fingerprint density at radius 2 is 1.09 bits per heavy atom. The number of hydrogen-bond donors (Lipinski definition) is 0. The molecule has 12 aromatic carbocycles. The van der Waals surface area contributed by atoms with E-state index in [0.29, 0.717) is 38.5 Å². The normalized spacial score (nSPS) is 16.2. The van der Waals surface area contributed by atoms with Crippen LogP contribution in [0.15, 0.2) is 297 Å². The number of fused-ring (bicyclic) bond motifs is 4. The van der Waals surface area contributed by atoms with Crippen molar-refractivity contribution in [1.82, 2.24) is 14.1 Å². The fraction of sp³-hybridized carbons (Fsp3) is 0.103. The second kappa shape index (κ2) is 25.0. The minimum Gasteiger partial charge on any atom is -0.510 e. The van der Waals surface area contributed by atoms with Crippen molar-refractivity contribution in [1.29, 1.82) is 0 Å². The van der Waals surface area contributed by atoms with Crippen molar-refractivity contribution >= 4 is 61.7 Å². The van der Waals surface area contributed by atoms with Crippen LogP contribution in [0.2, 0.25) is 0 Å². The van der Waals surface area contributed by atoms with Gasteiger partial charge in [0.25, 0.3) is 6.33 Å². The third kappa shape index (κ3) is 11.2. The summed E-state index contributed by atoms with van der Waals surface area (Å²) in [5, 5.41) is -1.85. The molecule has 15 rings (SSSR count). The van der Waals surface area contributed by atoms with E-state index in [9.17, 15) is 21.9 Å². The summed E-state index contributed by atoms with van der Waals surface area (Å²) in [5.74, 6) is 0.167. The van der Waals surface area contributed by atoms with Crippen molar-refractivity contribution in [3.63, 3.8) is 0 Å². The molecule has 0 fully saturated rings. The quantitative estimate of drug-likeness (QED) is 0.0499. The van der Waals surface area contributed by atoms with Crippen molar-refractivity contribution < 1.29 is 68.8 Å². The molecule has 3 heterocycles. The molecule has 0 unspecified atom stereocenters. The van der Waals surface area contributed by atoms with E-state index in [1.165, 1.54) is 22.8 Å². The third-order valence-electron chi connectivity index (χ3n) is 16.6. The van der Waals surface area contributed by atoms with Crippen LogP contribution in [0.1, 0.15) is 96.6 Å². The van der Waals surface area contributed by atoms with Crippen molar-refractivity contribution in [2.45, 2.75) is 59.2 Å².